The Labute approximate surface area is 138 Å². The molecule has 4 heteroatoms. The van der Waals surface area contributed by atoms with Gasteiger partial charge < -0.3 is 9.64 Å². The van der Waals surface area contributed by atoms with Crippen LogP contribution in [0.15, 0.2) is 30.3 Å². The molecule has 0 atom stereocenters. The zero-order valence-electron chi connectivity index (χ0n) is 14.2. The molecule has 1 amide bonds. The molecule has 0 aromatic heterocycles. The summed E-state index contributed by atoms with van der Waals surface area (Å²) in [4.78, 5) is 26.7. The Hall–Kier alpha value is -1.84. The molecule has 126 valence electrons. The molecule has 1 aliphatic rings. The maximum absolute atomic E-state index is 13.1. The van der Waals surface area contributed by atoms with Gasteiger partial charge in [0.25, 0.3) is 0 Å². The Morgan fingerprint density at radius 3 is 2.39 bits per heavy atom. The number of hydrogen-bond donors (Lipinski definition) is 0. The number of nitrogens with zero attached hydrogens (tertiary/aromatic N) is 1. The molecule has 1 aromatic carbocycles. The monoisotopic (exact) mass is 317 g/mol. The van der Waals surface area contributed by atoms with E-state index in [9.17, 15) is 9.59 Å². The molecule has 0 aliphatic heterocycles. The first-order valence-electron chi connectivity index (χ1n) is 8.54. The third-order valence-corrected chi connectivity index (χ3v) is 4.60. The molecular weight excluding hydrogens is 290 g/mol. The summed E-state index contributed by atoms with van der Waals surface area (Å²) < 4.78 is 5.05. The van der Waals surface area contributed by atoms with E-state index in [-0.39, 0.29) is 23.8 Å². The van der Waals surface area contributed by atoms with Gasteiger partial charge >= 0.3 is 5.97 Å². The smallest absolute Gasteiger partial charge is 0.325 e. The van der Waals surface area contributed by atoms with Crippen molar-refractivity contribution >= 4 is 11.9 Å². The van der Waals surface area contributed by atoms with E-state index in [1.54, 1.807) is 11.8 Å². The fourth-order valence-electron chi connectivity index (χ4n) is 3.29. The van der Waals surface area contributed by atoms with Gasteiger partial charge in [-0.15, -0.1) is 0 Å². The molecule has 1 aromatic rings. The maximum atomic E-state index is 13.1. The molecule has 2 rings (SSSR count). The molecule has 0 saturated heterocycles. The lowest BCUT2D eigenvalue weighted by molar-refractivity contribution is -0.154. The third kappa shape index (κ3) is 4.81. The van der Waals surface area contributed by atoms with Crippen molar-refractivity contribution in [1.29, 1.82) is 0 Å². The van der Waals surface area contributed by atoms with Gasteiger partial charge in [0.2, 0.25) is 5.91 Å². The maximum Gasteiger partial charge on any atom is 0.325 e. The van der Waals surface area contributed by atoms with Crippen LogP contribution in [0.4, 0.5) is 0 Å². The number of ether oxygens (including phenoxy) is 1. The van der Waals surface area contributed by atoms with Crippen molar-refractivity contribution < 1.29 is 14.3 Å². The van der Waals surface area contributed by atoms with E-state index in [2.05, 4.69) is 0 Å². The van der Waals surface area contributed by atoms with E-state index < -0.39 is 0 Å². The summed E-state index contributed by atoms with van der Waals surface area (Å²) in [5.41, 5.74) is 0.684. The second-order valence-electron chi connectivity index (χ2n) is 6.57. The van der Waals surface area contributed by atoms with Gasteiger partial charge in [-0.2, -0.15) is 0 Å². The molecule has 0 heterocycles. The molecule has 23 heavy (non-hydrogen) atoms. The lowest BCUT2D eigenvalue weighted by Gasteiger charge is -2.36. The summed E-state index contributed by atoms with van der Waals surface area (Å²) in [5.74, 6) is -0.259. The van der Waals surface area contributed by atoms with Gasteiger partial charge in [0.1, 0.15) is 6.54 Å². The highest BCUT2D eigenvalue weighted by atomic mass is 16.5. The standard InChI is InChI=1S/C19H27NO3/c1-3-23-17(21)15-20(14-16-10-6-4-7-11-16)18(22)19(2)12-8-5-9-13-19/h4,6-7,10-11H,3,5,8-9,12-15H2,1-2H3. The van der Waals surface area contributed by atoms with Crippen molar-refractivity contribution in [2.45, 2.75) is 52.5 Å². The topological polar surface area (TPSA) is 46.6 Å². The van der Waals surface area contributed by atoms with E-state index in [0.29, 0.717) is 13.2 Å². The Balaban J connectivity index is 2.14. The van der Waals surface area contributed by atoms with Crippen molar-refractivity contribution in [2.24, 2.45) is 5.41 Å². The molecule has 0 bridgehead atoms. The Bertz CT molecular complexity index is 521. The van der Waals surface area contributed by atoms with E-state index in [0.717, 1.165) is 31.2 Å². The summed E-state index contributed by atoms with van der Waals surface area (Å²) in [7, 11) is 0. The van der Waals surface area contributed by atoms with Gasteiger partial charge in [-0.25, -0.2) is 0 Å². The lowest BCUT2D eigenvalue weighted by atomic mass is 9.74. The number of rotatable bonds is 6. The van der Waals surface area contributed by atoms with Crippen molar-refractivity contribution in [3.63, 3.8) is 0 Å². The first-order chi connectivity index (χ1) is 11.0. The Kier molecular flexibility index (Phi) is 6.20. The Morgan fingerprint density at radius 2 is 1.78 bits per heavy atom. The number of esters is 1. The van der Waals surface area contributed by atoms with Crippen molar-refractivity contribution in [3.8, 4) is 0 Å². The second kappa shape index (κ2) is 8.14. The fourth-order valence-corrected chi connectivity index (χ4v) is 3.29. The summed E-state index contributed by atoms with van der Waals surface area (Å²) in [6.07, 6.45) is 5.17. The largest absolute Gasteiger partial charge is 0.465 e. The van der Waals surface area contributed by atoms with Crippen LogP contribution in [0, 0.1) is 5.41 Å². The number of hydrogen-bond acceptors (Lipinski definition) is 3. The highest BCUT2D eigenvalue weighted by Crippen LogP contribution is 2.37. The summed E-state index contributed by atoms with van der Waals surface area (Å²) in [6, 6.07) is 9.81. The fraction of sp³-hybridized carbons (Fsp3) is 0.579. The average molecular weight is 317 g/mol. The van der Waals surface area contributed by atoms with Gasteiger partial charge in [-0.05, 0) is 25.3 Å². The number of carbonyl (C=O) groups excluding carboxylic acids is 2. The first-order valence-corrected chi connectivity index (χ1v) is 8.54. The summed E-state index contributed by atoms with van der Waals surface area (Å²) >= 11 is 0. The molecule has 0 radical (unpaired) electrons. The quantitative estimate of drug-likeness (QED) is 0.754. The SMILES string of the molecule is CCOC(=O)CN(Cc1ccccc1)C(=O)C1(C)CCCCC1. The molecule has 0 spiro atoms. The molecule has 0 N–H and O–H groups in total. The van der Waals surface area contributed by atoms with E-state index >= 15 is 0 Å². The van der Waals surface area contributed by atoms with Crippen LogP contribution < -0.4 is 0 Å². The predicted octanol–water partition coefficient (Wildman–Crippen LogP) is 3.55. The zero-order chi connectivity index (χ0) is 16.7. The van der Waals surface area contributed by atoms with Gasteiger partial charge in [0.05, 0.1) is 6.61 Å². The minimum atomic E-state index is -0.348. The predicted molar refractivity (Wildman–Crippen MR) is 89.7 cm³/mol. The second-order valence-corrected chi connectivity index (χ2v) is 6.57. The van der Waals surface area contributed by atoms with Crippen molar-refractivity contribution in [2.75, 3.05) is 13.2 Å². The minimum absolute atomic E-state index is 0.0250. The van der Waals surface area contributed by atoms with Crippen LogP contribution in [0.25, 0.3) is 0 Å². The number of carbonyl (C=O) groups is 2. The van der Waals surface area contributed by atoms with Crippen LogP contribution in [-0.4, -0.2) is 29.9 Å². The van der Waals surface area contributed by atoms with Gasteiger partial charge in [0, 0.05) is 12.0 Å². The van der Waals surface area contributed by atoms with Crippen LogP contribution in [0.1, 0.15) is 51.5 Å². The molecule has 4 nitrogen and oxygen atoms in total. The molecule has 1 saturated carbocycles. The van der Waals surface area contributed by atoms with Crippen LogP contribution in [-0.2, 0) is 20.9 Å². The first kappa shape index (κ1) is 17.5. The minimum Gasteiger partial charge on any atom is -0.465 e. The van der Waals surface area contributed by atoms with Crippen LogP contribution in [0.2, 0.25) is 0 Å². The zero-order valence-corrected chi connectivity index (χ0v) is 14.2. The van der Waals surface area contributed by atoms with E-state index in [4.69, 9.17) is 4.74 Å². The third-order valence-electron chi connectivity index (χ3n) is 4.60. The van der Waals surface area contributed by atoms with Crippen LogP contribution >= 0.6 is 0 Å². The summed E-state index contributed by atoms with van der Waals surface area (Å²) in [6.45, 7) is 4.63. The Morgan fingerprint density at radius 1 is 1.13 bits per heavy atom. The molecule has 0 unspecified atom stereocenters. The normalized spacial score (nSPS) is 16.6. The van der Waals surface area contributed by atoms with Crippen LogP contribution in [0.5, 0.6) is 0 Å². The van der Waals surface area contributed by atoms with Gasteiger partial charge in [-0.1, -0.05) is 56.5 Å². The average Bonchev–Trinajstić information content (AvgIpc) is 2.55. The van der Waals surface area contributed by atoms with E-state index in [1.807, 2.05) is 37.3 Å². The molecule has 1 aliphatic carbocycles. The highest BCUT2D eigenvalue weighted by Gasteiger charge is 2.38. The van der Waals surface area contributed by atoms with Crippen LogP contribution in [0.3, 0.4) is 0 Å². The van der Waals surface area contributed by atoms with Gasteiger partial charge in [0.15, 0.2) is 0 Å². The molecule has 1 fully saturated rings. The highest BCUT2D eigenvalue weighted by molar-refractivity contribution is 5.86. The van der Waals surface area contributed by atoms with E-state index in [1.165, 1.54) is 6.42 Å². The van der Waals surface area contributed by atoms with Crippen molar-refractivity contribution in [1.82, 2.24) is 4.90 Å². The molecular formula is C19H27NO3. The number of amides is 1. The summed E-state index contributed by atoms with van der Waals surface area (Å²) in [5, 5.41) is 0. The number of benzene rings is 1. The lowest BCUT2D eigenvalue weighted by Crippen LogP contribution is -2.45. The van der Waals surface area contributed by atoms with Crippen molar-refractivity contribution in [3.05, 3.63) is 35.9 Å². The van der Waals surface area contributed by atoms with Gasteiger partial charge in [-0.3, -0.25) is 9.59 Å².